The van der Waals surface area contributed by atoms with Crippen LogP contribution in [0.3, 0.4) is 0 Å². The summed E-state index contributed by atoms with van der Waals surface area (Å²) in [4.78, 5) is 21.4. The van der Waals surface area contributed by atoms with Gasteiger partial charge in [-0.25, -0.2) is 9.50 Å². The number of nitrogens with zero attached hydrogens (tertiary/aromatic N) is 4. The molecule has 37 heavy (non-hydrogen) atoms. The van der Waals surface area contributed by atoms with Crippen LogP contribution >= 0.6 is 11.6 Å². The van der Waals surface area contributed by atoms with Gasteiger partial charge in [0, 0.05) is 48.2 Å². The van der Waals surface area contributed by atoms with E-state index in [4.69, 9.17) is 26.2 Å². The maximum absolute atomic E-state index is 13.4. The third kappa shape index (κ3) is 4.04. The number of hydrogen-bond acceptors (Lipinski definition) is 5. The first-order valence-electron chi connectivity index (χ1n) is 11.9. The minimum absolute atomic E-state index is 0.110. The highest BCUT2D eigenvalue weighted by Crippen LogP contribution is 2.30. The molecule has 1 N–H and O–H groups in total. The van der Waals surface area contributed by atoms with Crippen LogP contribution in [0.5, 0.6) is 5.75 Å². The SMILES string of the molecule is COCc1nn2c(ncc3c(=O)n(CCc4c[nH]c5ccc(OC)cc45)ccc32)c1-c1ccc(Cl)cc1. The molecule has 0 fully saturated rings. The average Bonchev–Trinajstić information content (AvgIpc) is 3.49. The molecule has 8 nitrogen and oxygen atoms in total. The van der Waals surface area contributed by atoms with Crippen molar-refractivity contribution in [1.29, 1.82) is 0 Å². The Bertz CT molecular complexity index is 1820. The normalized spacial score (nSPS) is 11.6. The molecule has 0 aliphatic heterocycles. The summed E-state index contributed by atoms with van der Waals surface area (Å²) in [5, 5.41) is 7.02. The summed E-state index contributed by atoms with van der Waals surface area (Å²) in [6, 6.07) is 15.4. The van der Waals surface area contributed by atoms with E-state index in [1.807, 2.05) is 60.9 Å². The monoisotopic (exact) mass is 513 g/mol. The van der Waals surface area contributed by atoms with Gasteiger partial charge in [0.05, 0.1) is 35.9 Å². The molecule has 0 saturated carbocycles. The minimum Gasteiger partial charge on any atom is -0.497 e. The first kappa shape index (κ1) is 23.3. The molecule has 0 saturated heterocycles. The Kier molecular flexibility index (Phi) is 5.90. The molecule has 0 aliphatic carbocycles. The molecule has 0 bridgehead atoms. The third-order valence-electron chi connectivity index (χ3n) is 6.67. The zero-order chi connectivity index (χ0) is 25.5. The molecule has 0 unspecified atom stereocenters. The summed E-state index contributed by atoms with van der Waals surface area (Å²) in [6.45, 7) is 0.844. The topological polar surface area (TPSA) is 86.4 Å². The highest BCUT2D eigenvalue weighted by atomic mass is 35.5. The Labute approximate surface area is 217 Å². The standard InChI is InChI=1S/C28H24ClN5O3/c1-36-16-24-26(17-3-5-19(29)6-4-17)27-31-15-22-25(34(27)32-24)10-12-33(28(22)35)11-9-18-14-30-23-8-7-20(37-2)13-21(18)23/h3-8,10,12-15,30H,9,11,16H2,1-2H3. The maximum Gasteiger partial charge on any atom is 0.261 e. The Morgan fingerprint density at radius 1 is 1.05 bits per heavy atom. The zero-order valence-electron chi connectivity index (χ0n) is 20.4. The number of H-pyrrole nitrogens is 1. The number of halogens is 1. The smallest absolute Gasteiger partial charge is 0.261 e. The molecule has 0 aliphatic rings. The number of ether oxygens (including phenoxy) is 2. The van der Waals surface area contributed by atoms with Gasteiger partial charge in [0.15, 0.2) is 5.65 Å². The van der Waals surface area contributed by atoms with Crippen molar-refractivity contribution in [3.05, 3.63) is 93.8 Å². The van der Waals surface area contributed by atoms with E-state index in [1.54, 1.807) is 29.5 Å². The van der Waals surface area contributed by atoms with Crippen molar-refractivity contribution in [2.45, 2.75) is 19.6 Å². The van der Waals surface area contributed by atoms with Crippen LogP contribution < -0.4 is 10.3 Å². The van der Waals surface area contributed by atoms with E-state index in [0.29, 0.717) is 41.1 Å². The summed E-state index contributed by atoms with van der Waals surface area (Å²) in [5.41, 5.74) is 5.94. The number of benzene rings is 2. The fourth-order valence-electron chi connectivity index (χ4n) is 4.81. The van der Waals surface area contributed by atoms with E-state index in [9.17, 15) is 4.79 Å². The summed E-state index contributed by atoms with van der Waals surface area (Å²) in [6.07, 6.45) is 6.13. The summed E-state index contributed by atoms with van der Waals surface area (Å²) < 4.78 is 14.2. The van der Waals surface area contributed by atoms with E-state index in [1.165, 1.54) is 0 Å². The molecule has 9 heteroatoms. The van der Waals surface area contributed by atoms with Crippen LogP contribution in [0.2, 0.25) is 5.02 Å². The van der Waals surface area contributed by atoms with Gasteiger partial charge in [-0.2, -0.15) is 5.10 Å². The third-order valence-corrected chi connectivity index (χ3v) is 6.92. The van der Waals surface area contributed by atoms with Gasteiger partial charge < -0.3 is 19.0 Å². The first-order chi connectivity index (χ1) is 18.1. The molecule has 0 atom stereocenters. The van der Waals surface area contributed by atoms with Crippen molar-refractivity contribution in [2.24, 2.45) is 0 Å². The molecule has 4 aromatic heterocycles. The van der Waals surface area contributed by atoms with E-state index in [0.717, 1.165) is 39.0 Å². The van der Waals surface area contributed by atoms with Crippen LogP contribution in [0.15, 0.2) is 71.9 Å². The Balaban J connectivity index is 1.39. The van der Waals surface area contributed by atoms with Crippen molar-refractivity contribution in [1.82, 2.24) is 24.1 Å². The molecule has 0 spiro atoms. The molecule has 0 radical (unpaired) electrons. The predicted octanol–water partition coefficient (Wildman–Crippen LogP) is 5.24. The highest BCUT2D eigenvalue weighted by Gasteiger charge is 2.19. The number of rotatable bonds is 7. The molecule has 6 rings (SSSR count). The van der Waals surface area contributed by atoms with E-state index >= 15 is 0 Å². The zero-order valence-corrected chi connectivity index (χ0v) is 21.1. The van der Waals surface area contributed by atoms with Gasteiger partial charge in [-0.3, -0.25) is 4.79 Å². The lowest BCUT2D eigenvalue weighted by molar-refractivity contribution is 0.181. The number of aromatic amines is 1. The number of hydrogen-bond donors (Lipinski definition) is 1. The van der Waals surface area contributed by atoms with Gasteiger partial charge in [0.2, 0.25) is 0 Å². The van der Waals surface area contributed by atoms with Gasteiger partial charge in [-0.15, -0.1) is 0 Å². The van der Waals surface area contributed by atoms with Crippen LogP contribution in [0.4, 0.5) is 0 Å². The van der Waals surface area contributed by atoms with E-state index < -0.39 is 0 Å². The first-order valence-corrected chi connectivity index (χ1v) is 12.2. The molecule has 0 amide bonds. The molecule has 2 aromatic carbocycles. The molecular weight excluding hydrogens is 490 g/mol. The Morgan fingerprint density at radius 2 is 1.89 bits per heavy atom. The van der Waals surface area contributed by atoms with Gasteiger partial charge >= 0.3 is 0 Å². The number of aromatic nitrogens is 5. The van der Waals surface area contributed by atoms with Crippen LogP contribution in [-0.4, -0.2) is 38.4 Å². The lowest BCUT2D eigenvalue weighted by atomic mass is 10.1. The summed E-state index contributed by atoms with van der Waals surface area (Å²) in [7, 11) is 3.28. The predicted molar refractivity (Wildman–Crippen MR) is 144 cm³/mol. The average molecular weight is 514 g/mol. The number of fused-ring (bicyclic) bond motifs is 4. The number of methoxy groups -OCH3 is 2. The fraction of sp³-hybridized carbons (Fsp3) is 0.179. The summed E-state index contributed by atoms with van der Waals surface area (Å²) in [5.74, 6) is 0.802. The second-order valence-electron chi connectivity index (χ2n) is 8.84. The quantitative estimate of drug-likeness (QED) is 0.315. The van der Waals surface area contributed by atoms with Crippen LogP contribution in [-0.2, 0) is 24.3 Å². The lowest BCUT2D eigenvalue weighted by Crippen LogP contribution is -2.21. The minimum atomic E-state index is -0.110. The maximum atomic E-state index is 13.4. The van der Waals surface area contributed by atoms with E-state index in [2.05, 4.69) is 9.97 Å². The molecule has 6 aromatic rings. The Hall–Kier alpha value is -4.14. The fourth-order valence-corrected chi connectivity index (χ4v) is 4.94. The van der Waals surface area contributed by atoms with Gasteiger partial charge in [0.25, 0.3) is 5.56 Å². The van der Waals surface area contributed by atoms with Crippen molar-refractivity contribution in [3.63, 3.8) is 0 Å². The molecular formula is C28H24ClN5O3. The number of pyridine rings is 1. The molecule has 4 heterocycles. The number of nitrogens with one attached hydrogen (secondary N) is 1. The van der Waals surface area contributed by atoms with Gasteiger partial charge in [-0.1, -0.05) is 23.7 Å². The van der Waals surface area contributed by atoms with Crippen LogP contribution in [0.1, 0.15) is 11.3 Å². The van der Waals surface area contributed by atoms with Crippen molar-refractivity contribution in [3.8, 4) is 16.9 Å². The number of aryl methyl sites for hydroxylation is 2. The second-order valence-corrected chi connectivity index (χ2v) is 9.28. The van der Waals surface area contributed by atoms with Crippen molar-refractivity contribution in [2.75, 3.05) is 14.2 Å². The summed E-state index contributed by atoms with van der Waals surface area (Å²) >= 11 is 6.10. The largest absolute Gasteiger partial charge is 0.497 e. The second kappa shape index (κ2) is 9.38. The van der Waals surface area contributed by atoms with Crippen LogP contribution in [0.25, 0.3) is 38.6 Å². The van der Waals surface area contributed by atoms with Gasteiger partial charge in [-0.05, 0) is 53.9 Å². The van der Waals surface area contributed by atoms with E-state index in [-0.39, 0.29) is 5.56 Å². The van der Waals surface area contributed by atoms with Gasteiger partial charge in [0.1, 0.15) is 5.75 Å². The van der Waals surface area contributed by atoms with Crippen molar-refractivity contribution < 1.29 is 9.47 Å². The lowest BCUT2D eigenvalue weighted by Gasteiger charge is -2.08. The van der Waals surface area contributed by atoms with Crippen molar-refractivity contribution >= 4 is 39.1 Å². The van der Waals surface area contributed by atoms with Crippen LogP contribution in [0, 0.1) is 0 Å². The molecule has 186 valence electrons. The highest BCUT2D eigenvalue weighted by molar-refractivity contribution is 6.30. The Morgan fingerprint density at radius 3 is 2.68 bits per heavy atom.